The zero-order valence-electron chi connectivity index (χ0n) is 10.5. The first-order chi connectivity index (χ1) is 8.11. The lowest BCUT2D eigenvalue weighted by Crippen LogP contribution is -2.17. The summed E-state index contributed by atoms with van der Waals surface area (Å²) in [7, 11) is 1.94. The molecule has 0 bridgehead atoms. The minimum Gasteiger partial charge on any atom is -0.375 e. The van der Waals surface area contributed by atoms with Crippen LogP contribution in [0.4, 0.5) is 0 Å². The van der Waals surface area contributed by atoms with Gasteiger partial charge in [-0.25, -0.2) is 0 Å². The number of carbonyl (C=O) groups excluding carboxylic acids is 2. The maximum Gasteiger partial charge on any atom is 0.155 e. The number of hydrogen-bond donors (Lipinski definition) is 0. The summed E-state index contributed by atoms with van der Waals surface area (Å²) in [6, 6.07) is 0. The first-order valence-corrected chi connectivity index (χ1v) is 5.79. The van der Waals surface area contributed by atoms with E-state index in [0.717, 1.165) is 37.8 Å². The molecule has 94 valence electrons. The highest BCUT2D eigenvalue weighted by atomic mass is 16.1. The van der Waals surface area contributed by atoms with Crippen LogP contribution in [0.15, 0.2) is 37.1 Å². The van der Waals surface area contributed by atoms with Gasteiger partial charge in [-0.2, -0.15) is 0 Å². The molecule has 17 heavy (non-hydrogen) atoms. The van der Waals surface area contributed by atoms with Gasteiger partial charge in [-0.05, 0) is 31.1 Å². The number of carbonyl (C=O) groups is 2. The first kappa shape index (κ1) is 15.4. The molecule has 0 amide bonds. The standard InChI is InChI=1S/C14H21NO2/c1-4-14(17)10-6-5-7-11-15(3)13(2)9-8-12-16/h4,8-9,12H,1-2,5-7,10-11H2,3H3/b9-8-. The number of aldehydes is 1. The van der Waals surface area contributed by atoms with E-state index >= 15 is 0 Å². The second-order valence-electron chi connectivity index (χ2n) is 3.89. The normalized spacial score (nSPS) is 10.2. The quantitative estimate of drug-likeness (QED) is 0.253. The molecule has 0 radical (unpaired) electrons. The number of rotatable bonds is 10. The Kier molecular flexibility index (Phi) is 8.65. The molecule has 0 saturated carbocycles. The molecule has 0 spiro atoms. The second kappa shape index (κ2) is 9.58. The van der Waals surface area contributed by atoms with Gasteiger partial charge < -0.3 is 4.90 Å². The van der Waals surface area contributed by atoms with Crippen molar-refractivity contribution in [2.75, 3.05) is 13.6 Å². The lowest BCUT2D eigenvalue weighted by Gasteiger charge is -2.18. The van der Waals surface area contributed by atoms with Gasteiger partial charge in [-0.15, -0.1) is 0 Å². The molecule has 0 N–H and O–H groups in total. The molecule has 0 aliphatic heterocycles. The van der Waals surface area contributed by atoms with E-state index < -0.39 is 0 Å². The summed E-state index contributed by atoms with van der Waals surface area (Å²) >= 11 is 0. The third kappa shape index (κ3) is 8.20. The number of likely N-dealkylation sites (N-methyl/N-ethyl adjacent to an activating group) is 1. The first-order valence-electron chi connectivity index (χ1n) is 5.79. The van der Waals surface area contributed by atoms with Crippen molar-refractivity contribution >= 4 is 12.1 Å². The fraction of sp³-hybridized carbons (Fsp3) is 0.429. The maximum atomic E-state index is 11.0. The van der Waals surface area contributed by atoms with Crippen LogP contribution in [0.25, 0.3) is 0 Å². The van der Waals surface area contributed by atoms with Gasteiger partial charge in [0.2, 0.25) is 0 Å². The number of allylic oxidation sites excluding steroid dienone is 3. The summed E-state index contributed by atoms with van der Waals surface area (Å²) in [5.41, 5.74) is 0.819. The minimum atomic E-state index is 0.108. The molecule has 0 unspecified atom stereocenters. The van der Waals surface area contributed by atoms with Crippen LogP contribution >= 0.6 is 0 Å². The molecule has 0 rings (SSSR count). The molecular formula is C14H21NO2. The second-order valence-corrected chi connectivity index (χ2v) is 3.89. The Labute approximate surface area is 103 Å². The number of hydrogen-bond acceptors (Lipinski definition) is 3. The summed E-state index contributed by atoms with van der Waals surface area (Å²) in [4.78, 5) is 23.1. The van der Waals surface area contributed by atoms with E-state index in [1.165, 1.54) is 12.2 Å². The van der Waals surface area contributed by atoms with E-state index in [0.29, 0.717) is 6.42 Å². The minimum absolute atomic E-state index is 0.108. The Morgan fingerprint density at radius 2 is 2.00 bits per heavy atom. The largest absolute Gasteiger partial charge is 0.375 e. The molecular weight excluding hydrogens is 214 g/mol. The summed E-state index contributed by atoms with van der Waals surface area (Å²) in [6.07, 6.45) is 8.73. The number of unbranched alkanes of at least 4 members (excludes halogenated alkanes) is 2. The van der Waals surface area contributed by atoms with Gasteiger partial charge >= 0.3 is 0 Å². The summed E-state index contributed by atoms with van der Waals surface area (Å²) in [5.74, 6) is 0.108. The number of nitrogens with zero attached hydrogens (tertiary/aromatic N) is 1. The third-order valence-corrected chi connectivity index (χ3v) is 2.50. The van der Waals surface area contributed by atoms with Gasteiger partial charge in [0.15, 0.2) is 5.78 Å². The summed E-state index contributed by atoms with van der Waals surface area (Å²) in [6.45, 7) is 8.16. The molecule has 0 aromatic carbocycles. The lowest BCUT2D eigenvalue weighted by molar-refractivity contribution is -0.114. The highest BCUT2D eigenvalue weighted by molar-refractivity contribution is 5.88. The Morgan fingerprint density at radius 3 is 2.59 bits per heavy atom. The van der Waals surface area contributed by atoms with Crippen LogP contribution in [0.5, 0.6) is 0 Å². The summed E-state index contributed by atoms with van der Waals surface area (Å²) < 4.78 is 0. The molecule has 0 aromatic rings. The molecule has 0 aromatic heterocycles. The molecule has 0 saturated heterocycles. The molecule has 0 atom stereocenters. The van der Waals surface area contributed by atoms with Crippen LogP contribution in [-0.2, 0) is 9.59 Å². The average Bonchev–Trinajstić information content (AvgIpc) is 2.34. The predicted octanol–water partition coefficient (Wildman–Crippen LogP) is 2.50. The topological polar surface area (TPSA) is 37.4 Å². The molecule has 0 heterocycles. The summed E-state index contributed by atoms with van der Waals surface area (Å²) in [5, 5.41) is 0. The van der Waals surface area contributed by atoms with E-state index in [4.69, 9.17) is 0 Å². The van der Waals surface area contributed by atoms with Crippen molar-refractivity contribution in [2.24, 2.45) is 0 Å². The van der Waals surface area contributed by atoms with E-state index in [1.807, 2.05) is 11.9 Å². The van der Waals surface area contributed by atoms with Gasteiger partial charge in [0.25, 0.3) is 0 Å². The molecule has 0 fully saturated rings. The van der Waals surface area contributed by atoms with E-state index in [1.54, 1.807) is 6.08 Å². The maximum absolute atomic E-state index is 11.0. The lowest BCUT2D eigenvalue weighted by atomic mass is 10.1. The number of ketones is 1. The van der Waals surface area contributed by atoms with E-state index in [-0.39, 0.29) is 5.78 Å². The van der Waals surface area contributed by atoms with Crippen molar-refractivity contribution in [1.29, 1.82) is 0 Å². The highest BCUT2D eigenvalue weighted by Crippen LogP contribution is 2.06. The molecule has 3 nitrogen and oxygen atoms in total. The van der Waals surface area contributed by atoms with E-state index in [2.05, 4.69) is 13.2 Å². The van der Waals surface area contributed by atoms with Crippen molar-refractivity contribution in [2.45, 2.75) is 25.7 Å². The smallest absolute Gasteiger partial charge is 0.155 e. The molecule has 3 heteroatoms. The van der Waals surface area contributed by atoms with Gasteiger partial charge in [0.05, 0.1) is 0 Å². The zero-order valence-corrected chi connectivity index (χ0v) is 10.5. The Balaban J connectivity index is 3.63. The van der Waals surface area contributed by atoms with E-state index in [9.17, 15) is 9.59 Å². The Bertz CT molecular complexity index is 305. The Morgan fingerprint density at radius 1 is 1.29 bits per heavy atom. The molecule has 0 aliphatic rings. The van der Waals surface area contributed by atoms with Crippen LogP contribution in [-0.4, -0.2) is 30.6 Å². The van der Waals surface area contributed by atoms with Crippen molar-refractivity contribution in [1.82, 2.24) is 4.90 Å². The molecule has 0 aliphatic carbocycles. The van der Waals surface area contributed by atoms with Gasteiger partial charge in [0.1, 0.15) is 6.29 Å². The fourth-order valence-corrected chi connectivity index (χ4v) is 1.35. The van der Waals surface area contributed by atoms with Crippen LogP contribution < -0.4 is 0 Å². The predicted molar refractivity (Wildman–Crippen MR) is 70.6 cm³/mol. The van der Waals surface area contributed by atoms with Gasteiger partial charge in [0, 0.05) is 25.7 Å². The average molecular weight is 235 g/mol. The van der Waals surface area contributed by atoms with Gasteiger partial charge in [-0.1, -0.05) is 19.6 Å². The van der Waals surface area contributed by atoms with Crippen LogP contribution in [0, 0.1) is 0 Å². The highest BCUT2D eigenvalue weighted by Gasteiger charge is 1.99. The monoisotopic (exact) mass is 235 g/mol. The third-order valence-electron chi connectivity index (χ3n) is 2.50. The Hall–Kier alpha value is -1.64. The van der Waals surface area contributed by atoms with Crippen molar-refractivity contribution in [3.8, 4) is 0 Å². The van der Waals surface area contributed by atoms with Crippen LogP contribution in [0.1, 0.15) is 25.7 Å². The fourth-order valence-electron chi connectivity index (χ4n) is 1.35. The van der Waals surface area contributed by atoms with Gasteiger partial charge in [-0.3, -0.25) is 9.59 Å². The van der Waals surface area contributed by atoms with Crippen LogP contribution in [0.3, 0.4) is 0 Å². The van der Waals surface area contributed by atoms with Crippen molar-refractivity contribution < 1.29 is 9.59 Å². The SMILES string of the molecule is C=CC(=O)CCCCCN(C)C(=C)/C=C\C=O. The zero-order chi connectivity index (χ0) is 13.1. The van der Waals surface area contributed by atoms with Crippen LogP contribution in [0.2, 0.25) is 0 Å². The van der Waals surface area contributed by atoms with Crippen molar-refractivity contribution in [3.05, 3.63) is 37.1 Å². The van der Waals surface area contributed by atoms with Crippen molar-refractivity contribution in [3.63, 3.8) is 0 Å².